The molecule has 2 saturated heterocycles. The normalized spacial score (nSPS) is 22.1. The molecule has 4 rings (SSSR count). The third-order valence-electron chi connectivity index (χ3n) is 5.66. The average Bonchev–Trinajstić information content (AvgIpc) is 2.80. The molecule has 0 aromatic carbocycles. The van der Waals surface area contributed by atoms with Gasteiger partial charge in [0.1, 0.15) is 11.6 Å². The summed E-state index contributed by atoms with van der Waals surface area (Å²) in [6.45, 7) is 3.07. The van der Waals surface area contributed by atoms with Gasteiger partial charge in [-0.05, 0) is 44.2 Å². The van der Waals surface area contributed by atoms with Crippen molar-refractivity contribution in [3.63, 3.8) is 0 Å². The Morgan fingerprint density at radius 1 is 1.29 bits per heavy atom. The van der Waals surface area contributed by atoms with E-state index in [0.717, 1.165) is 32.6 Å². The molecular formula is C21H26ClFN6O2. The lowest BCUT2D eigenvalue weighted by Crippen LogP contribution is -2.50. The summed E-state index contributed by atoms with van der Waals surface area (Å²) in [5.74, 6) is 0.680. The number of pyridine rings is 1. The van der Waals surface area contributed by atoms with Gasteiger partial charge in [-0.15, -0.1) is 0 Å². The van der Waals surface area contributed by atoms with Crippen molar-refractivity contribution in [2.24, 2.45) is 5.92 Å². The number of nitrogens with one attached hydrogen (secondary N) is 3. The number of piperidine rings is 1. The molecule has 8 nitrogen and oxygen atoms in total. The standard InChI is InChI=1S/C21H26ClFN6O2/c22-16-10-27-18(29-20(30)21(23)4-1-5-24-13-21)8-15(16)17-11-25-12-19(28-17)26-9-14-2-6-31-7-3-14/h8,10-12,14,24H,1-7,9,13H2,(H,26,28)(H,27,29,30)/t21-/m1/s1. The fourth-order valence-corrected chi connectivity index (χ4v) is 3.97. The van der Waals surface area contributed by atoms with Gasteiger partial charge in [0.05, 0.1) is 23.1 Å². The molecule has 31 heavy (non-hydrogen) atoms. The van der Waals surface area contributed by atoms with Gasteiger partial charge in [0.25, 0.3) is 5.91 Å². The molecule has 0 spiro atoms. The summed E-state index contributed by atoms with van der Waals surface area (Å²) in [5, 5.41) is 9.18. The zero-order valence-corrected chi connectivity index (χ0v) is 17.9. The van der Waals surface area contributed by atoms with Crippen LogP contribution < -0.4 is 16.0 Å². The summed E-state index contributed by atoms with van der Waals surface area (Å²) in [6.07, 6.45) is 7.49. The zero-order chi connectivity index (χ0) is 21.7. The number of hydrogen-bond acceptors (Lipinski definition) is 7. The first-order valence-corrected chi connectivity index (χ1v) is 10.9. The number of hydrogen-bond donors (Lipinski definition) is 3. The minimum absolute atomic E-state index is 0.00834. The zero-order valence-electron chi connectivity index (χ0n) is 17.2. The van der Waals surface area contributed by atoms with Gasteiger partial charge in [-0.25, -0.2) is 14.4 Å². The molecule has 3 N–H and O–H groups in total. The van der Waals surface area contributed by atoms with E-state index in [1.165, 1.54) is 6.20 Å². The number of aromatic nitrogens is 3. The van der Waals surface area contributed by atoms with Crippen LogP contribution in [-0.4, -0.2) is 59.4 Å². The number of ether oxygens (including phenoxy) is 1. The van der Waals surface area contributed by atoms with Gasteiger partial charge < -0.3 is 20.7 Å². The van der Waals surface area contributed by atoms with Crippen molar-refractivity contribution < 1.29 is 13.9 Å². The molecule has 0 bridgehead atoms. The van der Waals surface area contributed by atoms with Crippen molar-refractivity contribution >= 4 is 29.1 Å². The van der Waals surface area contributed by atoms with Gasteiger partial charge in [0.15, 0.2) is 0 Å². The molecule has 2 aromatic heterocycles. The van der Waals surface area contributed by atoms with E-state index in [4.69, 9.17) is 16.3 Å². The monoisotopic (exact) mass is 448 g/mol. The number of anilines is 2. The Kier molecular flexibility index (Phi) is 6.94. The third kappa shape index (κ3) is 5.47. The Hall–Kier alpha value is -2.36. The van der Waals surface area contributed by atoms with Crippen LogP contribution in [0.1, 0.15) is 25.7 Å². The highest BCUT2D eigenvalue weighted by Gasteiger charge is 2.40. The summed E-state index contributed by atoms with van der Waals surface area (Å²) < 4.78 is 20.3. The second-order valence-corrected chi connectivity index (χ2v) is 8.38. The minimum atomic E-state index is -1.95. The van der Waals surface area contributed by atoms with Crippen molar-refractivity contribution in [3.8, 4) is 11.3 Å². The molecule has 0 saturated carbocycles. The van der Waals surface area contributed by atoms with Crippen LogP contribution in [-0.2, 0) is 9.53 Å². The van der Waals surface area contributed by atoms with Gasteiger partial charge in [0, 0.05) is 38.1 Å². The van der Waals surface area contributed by atoms with Crippen molar-refractivity contribution in [1.29, 1.82) is 0 Å². The van der Waals surface area contributed by atoms with E-state index < -0.39 is 11.6 Å². The van der Waals surface area contributed by atoms with Crippen LogP contribution in [0.5, 0.6) is 0 Å². The molecule has 2 aliphatic heterocycles. The number of rotatable bonds is 6. The van der Waals surface area contributed by atoms with Crippen LogP contribution in [0.4, 0.5) is 16.0 Å². The van der Waals surface area contributed by atoms with E-state index in [0.29, 0.717) is 41.0 Å². The topological polar surface area (TPSA) is 101 Å². The van der Waals surface area contributed by atoms with E-state index in [-0.39, 0.29) is 18.8 Å². The third-order valence-corrected chi connectivity index (χ3v) is 5.96. The molecule has 2 aliphatic rings. The van der Waals surface area contributed by atoms with Gasteiger partial charge in [0.2, 0.25) is 5.67 Å². The van der Waals surface area contributed by atoms with Crippen molar-refractivity contribution in [2.75, 3.05) is 43.5 Å². The SMILES string of the molecule is O=C(Nc1cc(-c2cncc(NCC3CCOCC3)n2)c(Cl)cn1)[C@@]1(F)CCCNC1. The molecule has 4 heterocycles. The number of halogens is 2. The molecule has 1 atom stereocenters. The maximum Gasteiger partial charge on any atom is 0.264 e. The lowest BCUT2D eigenvalue weighted by Gasteiger charge is -2.28. The quantitative estimate of drug-likeness (QED) is 0.624. The molecule has 0 aliphatic carbocycles. The van der Waals surface area contributed by atoms with Gasteiger partial charge >= 0.3 is 0 Å². The lowest BCUT2D eigenvalue weighted by molar-refractivity contribution is -0.128. The lowest BCUT2D eigenvalue weighted by atomic mass is 9.95. The number of carbonyl (C=O) groups is 1. The molecule has 0 radical (unpaired) electrons. The Morgan fingerprint density at radius 2 is 2.13 bits per heavy atom. The summed E-state index contributed by atoms with van der Waals surface area (Å²) in [5.41, 5.74) is -0.855. The number of carbonyl (C=O) groups excluding carboxylic acids is 1. The number of nitrogens with zero attached hydrogens (tertiary/aromatic N) is 3. The first-order valence-electron chi connectivity index (χ1n) is 10.5. The van der Waals surface area contributed by atoms with E-state index in [2.05, 4.69) is 30.9 Å². The van der Waals surface area contributed by atoms with E-state index in [1.807, 2.05) is 0 Å². The fourth-order valence-electron chi connectivity index (χ4n) is 3.77. The van der Waals surface area contributed by atoms with Gasteiger partial charge in [-0.1, -0.05) is 11.6 Å². The summed E-state index contributed by atoms with van der Waals surface area (Å²) in [7, 11) is 0. The highest BCUT2D eigenvalue weighted by Crippen LogP contribution is 2.29. The number of alkyl halides is 1. The van der Waals surface area contributed by atoms with E-state index in [1.54, 1.807) is 18.5 Å². The summed E-state index contributed by atoms with van der Waals surface area (Å²) in [6, 6.07) is 1.59. The Morgan fingerprint density at radius 3 is 2.90 bits per heavy atom. The minimum Gasteiger partial charge on any atom is -0.381 e. The van der Waals surface area contributed by atoms with Crippen LogP contribution in [0.15, 0.2) is 24.7 Å². The van der Waals surface area contributed by atoms with Crippen LogP contribution in [0, 0.1) is 5.92 Å². The molecule has 10 heteroatoms. The van der Waals surface area contributed by atoms with Crippen molar-refractivity contribution in [1.82, 2.24) is 20.3 Å². The van der Waals surface area contributed by atoms with Crippen molar-refractivity contribution in [3.05, 3.63) is 29.7 Å². The molecule has 2 aromatic rings. The van der Waals surface area contributed by atoms with Crippen molar-refractivity contribution in [2.45, 2.75) is 31.4 Å². The molecular weight excluding hydrogens is 423 g/mol. The van der Waals surface area contributed by atoms with Crippen LogP contribution in [0.25, 0.3) is 11.3 Å². The Labute approximate surface area is 185 Å². The maximum absolute atomic E-state index is 14.9. The van der Waals surface area contributed by atoms with Crippen LogP contribution in [0.3, 0.4) is 0 Å². The molecule has 2 fully saturated rings. The number of amides is 1. The highest BCUT2D eigenvalue weighted by molar-refractivity contribution is 6.33. The maximum atomic E-state index is 14.9. The molecule has 0 unspecified atom stereocenters. The van der Waals surface area contributed by atoms with Gasteiger partial charge in [-0.3, -0.25) is 9.78 Å². The summed E-state index contributed by atoms with van der Waals surface area (Å²) in [4.78, 5) is 25.4. The predicted molar refractivity (Wildman–Crippen MR) is 117 cm³/mol. The van der Waals surface area contributed by atoms with Gasteiger partial charge in [-0.2, -0.15) is 0 Å². The fraction of sp³-hybridized carbons (Fsp3) is 0.524. The highest BCUT2D eigenvalue weighted by atomic mass is 35.5. The first kappa shape index (κ1) is 21.9. The molecule has 1 amide bonds. The first-order chi connectivity index (χ1) is 15.0. The predicted octanol–water partition coefficient (Wildman–Crippen LogP) is 3.06. The Balaban J connectivity index is 1.47. The second kappa shape index (κ2) is 9.84. The Bertz CT molecular complexity index is 918. The second-order valence-electron chi connectivity index (χ2n) is 7.98. The van der Waals surface area contributed by atoms with Crippen LogP contribution in [0.2, 0.25) is 5.02 Å². The molecule has 166 valence electrons. The largest absolute Gasteiger partial charge is 0.381 e. The van der Waals surface area contributed by atoms with E-state index in [9.17, 15) is 9.18 Å². The smallest absolute Gasteiger partial charge is 0.264 e. The summed E-state index contributed by atoms with van der Waals surface area (Å²) >= 11 is 6.33. The van der Waals surface area contributed by atoms with E-state index >= 15 is 0 Å². The van der Waals surface area contributed by atoms with Crippen LogP contribution >= 0.6 is 11.6 Å². The average molecular weight is 449 g/mol.